The van der Waals surface area contributed by atoms with Crippen LogP contribution in [-0.4, -0.2) is 20.4 Å². The second-order valence-corrected chi connectivity index (χ2v) is 15.8. The molecule has 6 nitrogen and oxygen atoms in total. The molecule has 8 aromatic rings. The van der Waals surface area contributed by atoms with Gasteiger partial charge < -0.3 is 9.80 Å². The van der Waals surface area contributed by atoms with E-state index >= 15 is 0 Å². The minimum atomic E-state index is 0.751. The molecule has 0 fully saturated rings. The molecule has 0 unspecified atom stereocenters. The molecule has 0 bridgehead atoms. The van der Waals surface area contributed by atoms with Crippen LogP contribution in [0.2, 0.25) is 0 Å². The molecule has 0 aliphatic carbocycles. The van der Waals surface area contributed by atoms with Crippen LogP contribution in [0.1, 0.15) is 43.4 Å². The first-order valence-electron chi connectivity index (χ1n) is 18.5. The number of anilines is 6. The van der Waals surface area contributed by atoms with Crippen LogP contribution in [0.5, 0.6) is 0 Å². The van der Waals surface area contributed by atoms with E-state index in [-0.39, 0.29) is 0 Å². The first-order chi connectivity index (χ1) is 27.3. The highest BCUT2D eigenvalue weighted by molar-refractivity contribution is 7.21. The van der Waals surface area contributed by atoms with Crippen LogP contribution >= 0.6 is 22.7 Å². The summed E-state index contributed by atoms with van der Waals surface area (Å²) in [4.78, 5) is 4.55. The molecule has 0 amide bonds. The number of nitrogens with zero attached hydrogens (tertiary/aromatic N) is 6. The Balaban J connectivity index is 0.932. The van der Waals surface area contributed by atoms with E-state index in [2.05, 4.69) is 216 Å². The van der Waals surface area contributed by atoms with Crippen LogP contribution in [0, 0.1) is 27.7 Å². The summed E-state index contributed by atoms with van der Waals surface area (Å²) in [6.45, 7) is 8.44. The van der Waals surface area contributed by atoms with Gasteiger partial charge in [0.05, 0.1) is 0 Å². The third-order valence-electron chi connectivity index (χ3n) is 9.37. The Morgan fingerprint density at radius 1 is 0.321 bits per heavy atom. The van der Waals surface area contributed by atoms with E-state index in [0.29, 0.717) is 0 Å². The largest absolute Gasteiger partial charge is 0.311 e. The molecule has 2 heterocycles. The van der Waals surface area contributed by atoms with E-state index < -0.39 is 0 Å². The first kappa shape index (κ1) is 36.5. The Bertz CT molecular complexity index is 2310. The van der Waals surface area contributed by atoms with Gasteiger partial charge in [0.1, 0.15) is 10.0 Å². The maximum absolute atomic E-state index is 4.42. The minimum absolute atomic E-state index is 0.751. The average molecular weight is 765 g/mol. The summed E-state index contributed by atoms with van der Waals surface area (Å²) in [5.41, 5.74) is 13.8. The minimum Gasteiger partial charge on any atom is -0.311 e. The van der Waals surface area contributed by atoms with Crippen molar-refractivity contribution in [2.75, 3.05) is 9.80 Å². The molecule has 0 atom stereocenters. The molecule has 56 heavy (non-hydrogen) atoms. The van der Waals surface area contributed by atoms with Gasteiger partial charge in [-0.05, 0) is 124 Å². The highest BCUT2D eigenvalue weighted by Crippen LogP contribution is 2.37. The highest BCUT2D eigenvalue weighted by atomic mass is 32.1. The second-order valence-electron chi connectivity index (χ2n) is 13.8. The van der Waals surface area contributed by atoms with Crippen molar-refractivity contribution in [3.05, 3.63) is 189 Å². The summed E-state index contributed by atoms with van der Waals surface area (Å²) in [7, 11) is 0. The number of hydrogen-bond acceptors (Lipinski definition) is 8. The van der Waals surface area contributed by atoms with Crippen LogP contribution in [-0.2, 0) is 0 Å². The molecule has 0 saturated carbocycles. The smallest absolute Gasteiger partial charge is 0.178 e. The van der Waals surface area contributed by atoms with Crippen molar-refractivity contribution in [3.63, 3.8) is 0 Å². The summed E-state index contributed by atoms with van der Waals surface area (Å²) in [5, 5.41) is 20.8. The standard InChI is InChI=1S/C48H40N6S2/c1-33-5-19-39(20-6-33)53(40-21-7-34(2)8-22-40)43-27-13-37(14-28-43)17-31-45-49-51-47(55-45)48-52-50-46(56-48)32-18-38-15-29-44(30-16-38)54(41-23-9-35(3)10-24-41)42-25-11-36(4)12-26-42/h5-32H,1-4H3/b31-17+,32-18+. The lowest BCUT2D eigenvalue weighted by Crippen LogP contribution is -2.09. The quantitative estimate of drug-likeness (QED) is 0.131. The Labute approximate surface area is 336 Å². The normalized spacial score (nSPS) is 11.4. The van der Waals surface area contributed by atoms with Crippen molar-refractivity contribution < 1.29 is 0 Å². The topological polar surface area (TPSA) is 58.0 Å². The van der Waals surface area contributed by atoms with Gasteiger partial charge in [0.15, 0.2) is 10.0 Å². The SMILES string of the molecule is Cc1ccc(N(c2ccc(C)cc2)c2ccc(/C=C/c3nnc(-c4nnc(/C=C/c5ccc(N(c6ccc(C)cc6)c6ccc(C)cc6)cc5)s4)s3)cc2)cc1. The zero-order chi connectivity index (χ0) is 38.4. The van der Waals surface area contributed by atoms with Crippen LogP contribution in [0.4, 0.5) is 34.1 Å². The monoisotopic (exact) mass is 764 g/mol. The zero-order valence-electron chi connectivity index (χ0n) is 31.7. The van der Waals surface area contributed by atoms with Gasteiger partial charge >= 0.3 is 0 Å². The number of hydrogen-bond donors (Lipinski definition) is 0. The van der Waals surface area contributed by atoms with E-state index in [4.69, 9.17) is 0 Å². The van der Waals surface area contributed by atoms with E-state index in [1.54, 1.807) is 0 Å². The van der Waals surface area contributed by atoms with Crippen molar-refractivity contribution in [2.45, 2.75) is 27.7 Å². The fourth-order valence-corrected chi connectivity index (χ4v) is 7.75. The summed E-state index contributed by atoms with van der Waals surface area (Å²) in [5.74, 6) is 0. The van der Waals surface area contributed by atoms with Gasteiger partial charge in [0.2, 0.25) is 0 Å². The Hall–Kier alpha value is -6.48. The summed E-state index contributed by atoms with van der Waals surface area (Å²) in [6.07, 6.45) is 8.13. The number of rotatable bonds is 11. The van der Waals surface area contributed by atoms with Crippen molar-refractivity contribution >= 4 is 81.1 Å². The average Bonchev–Trinajstić information content (AvgIpc) is 3.91. The lowest BCUT2D eigenvalue weighted by atomic mass is 10.1. The molecule has 0 aliphatic heterocycles. The third-order valence-corrected chi connectivity index (χ3v) is 11.3. The van der Waals surface area contributed by atoms with Crippen molar-refractivity contribution in [1.82, 2.24) is 20.4 Å². The third kappa shape index (κ3) is 8.57. The second kappa shape index (κ2) is 16.5. The lowest BCUT2D eigenvalue weighted by molar-refractivity contribution is 1.05. The molecule has 0 aliphatic rings. The van der Waals surface area contributed by atoms with Crippen LogP contribution in [0.15, 0.2) is 146 Å². The van der Waals surface area contributed by atoms with Gasteiger partial charge in [-0.2, -0.15) is 0 Å². The molecule has 274 valence electrons. The van der Waals surface area contributed by atoms with Gasteiger partial charge in [-0.1, -0.05) is 130 Å². The van der Waals surface area contributed by atoms with Gasteiger partial charge in [-0.3, -0.25) is 0 Å². The van der Waals surface area contributed by atoms with E-state index in [9.17, 15) is 0 Å². The molecular formula is C48H40N6S2. The molecular weight excluding hydrogens is 725 g/mol. The van der Waals surface area contributed by atoms with Gasteiger partial charge in [-0.15, -0.1) is 20.4 Å². The van der Waals surface area contributed by atoms with Crippen molar-refractivity contribution in [2.24, 2.45) is 0 Å². The van der Waals surface area contributed by atoms with Gasteiger partial charge in [-0.25, -0.2) is 0 Å². The maximum Gasteiger partial charge on any atom is 0.178 e. The van der Waals surface area contributed by atoms with Crippen LogP contribution in [0.3, 0.4) is 0 Å². The molecule has 0 radical (unpaired) electrons. The van der Waals surface area contributed by atoms with E-state index in [0.717, 1.165) is 65.3 Å². The molecule has 0 saturated heterocycles. The van der Waals surface area contributed by atoms with Gasteiger partial charge in [0.25, 0.3) is 0 Å². The molecule has 6 aromatic carbocycles. The molecule has 2 aromatic heterocycles. The van der Waals surface area contributed by atoms with E-state index in [1.807, 2.05) is 12.2 Å². The molecule has 8 heteroatoms. The molecule has 0 spiro atoms. The number of aromatic nitrogens is 4. The van der Waals surface area contributed by atoms with Crippen LogP contribution in [0.25, 0.3) is 34.3 Å². The Morgan fingerprint density at radius 2 is 0.571 bits per heavy atom. The highest BCUT2D eigenvalue weighted by Gasteiger charge is 2.15. The predicted molar refractivity (Wildman–Crippen MR) is 238 cm³/mol. The maximum atomic E-state index is 4.42. The summed E-state index contributed by atoms with van der Waals surface area (Å²) in [6, 6.07) is 51.7. The van der Waals surface area contributed by atoms with Crippen LogP contribution < -0.4 is 9.80 Å². The number of aryl methyl sites for hydroxylation is 4. The molecule has 8 rings (SSSR count). The fourth-order valence-electron chi connectivity index (χ4n) is 6.25. The number of benzene rings is 6. The van der Waals surface area contributed by atoms with Crippen molar-refractivity contribution in [1.29, 1.82) is 0 Å². The van der Waals surface area contributed by atoms with Gasteiger partial charge in [0, 0.05) is 34.1 Å². The summed E-state index contributed by atoms with van der Waals surface area (Å²) >= 11 is 3.00. The Kier molecular flexibility index (Phi) is 10.7. The first-order valence-corrected chi connectivity index (χ1v) is 20.1. The fraction of sp³-hybridized carbons (Fsp3) is 0.0833. The molecule has 0 N–H and O–H groups in total. The predicted octanol–water partition coefficient (Wildman–Crippen LogP) is 13.6. The van der Waals surface area contributed by atoms with E-state index in [1.165, 1.54) is 44.9 Å². The zero-order valence-corrected chi connectivity index (χ0v) is 33.3. The summed E-state index contributed by atoms with van der Waals surface area (Å²) < 4.78 is 0. The lowest BCUT2D eigenvalue weighted by Gasteiger charge is -2.25. The van der Waals surface area contributed by atoms with Crippen molar-refractivity contribution in [3.8, 4) is 10.0 Å². The Morgan fingerprint density at radius 3 is 0.839 bits per heavy atom.